The van der Waals surface area contributed by atoms with Crippen LogP contribution in [0.4, 0.5) is 13.2 Å². The van der Waals surface area contributed by atoms with Crippen molar-refractivity contribution in [2.75, 3.05) is 6.54 Å². The highest BCUT2D eigenvalue weighted by molar-refractivity contribution is 9.10. The van der Waals surface area contributed by atoms with Gasteiger partial charge in [-0.15, -0.1) is 0 Å². The van der Waals surface area contributed by atoms with Crippen molar-refractivity contribution < 1.29 is 13.2 Å². The molecule has 2 aromatic heterocycles. The fourth-order valence-electron chi connectivity index (χ4n) is 2.24. The number of aromatic nitrogens is 3. The second kappa shape index (κ2) is 5.34. The minimum Gasteiger partial charge on any atom is -0.312 e. The number of rotatable bonds is 1. The van der Waals surface area contributed by atoms with Crippen molar-refractivity contribution in [2.24, 2.45) is 0 Å². The van der Waals surface area contributed by atoms with Crippen molar-refractivity contribution in [3.8, 4) is 11.4 Å². The van der Waals surface area contributed by atoms with Crippen LogP contribution in [0.2, 0.25) is 0 Å². The summed E-state index contributed by atoms with van der Waals surface area (Å²) in [6.07, 6.45) is -1.04. The highest BCUT2D eigenvalue weighted by Crippen LogP contribution is 2.34. The van der Waals surface area contributed by atoms with Crippen molar-refractivity contribution in [2.45, 2.75) is 19.1 Å². The Morgan fingerprint density at radius 2 is 2.00 bits per heavy atom. The highest BCUT2D eigenvalue weighted by Gasteiger charge is 2.38. The standard InChI is InChI=1S/C13H10BrF3N4/c14-8-3-7(4-19-5-8)12-20-10-1-2-18-6-9(10)11(21-12)13(15,16)17/h3-5,18H,1-2,6H2. The van der Waals surface area contributed by atoms with E-state index < -0.39 is 11.9 Å². The normalized spacial score (nSPS) is 14.9. The van der Waals surface area contributed by atoms with Crippen molar-refractivity contribution in [1.29, 1.82) is 0 Å². The van der Waals surface area contributed by atoms with Crippen molar-refractivity contribution >= 4 is 15.9 Å². The van der Waals surface area contributed by atoms with Crippen LogP contribution in [0.1, 0.15) is 17.0 Å². The van der Waals surface area contributed by atoms with Crippen LogP contribution in [0, 0.1) is 0 Å². The average Bonchev–Trinajstić information content (AvgIpc) is 2.45. The molecule has 0 unspecified atom stereocenters. The van der Waals surface area contributed by atoms with Crippen molar-refractivity contribution in [1.82, 2.24) is 20.3 Å². The molecule has 0 aliphatic carbocycles. The molecule has 0 radical (unpaired) electrons. The van der Waals surface area contributed by atoms with Gasteiger partial charge in [0.1, 0.15) is 0 Å². The van der Waals surface area contributed by atoms with E-state index in [0.717, 1.165) is 0 Å². The Bertz CT molecular complexity index is 688. The average molecular weight is 359 g/mol. The lowest BCUT2D eigenvalue weighted by atomic mass is 10.0. The number of nitrogens with zero attached hydrogens (tertiary/aromatic N) is 3. The quantitative estimate of drug-likeness (QED) is 0.851. The van der Waals surface area contributed by atoms with E-state index in [1.807, 2.05) is 0 Å². The van der Waals surface area contributed by atoms with Gasteiger partial charge >= 0.3 is 6.18 Å². The summed E-state index contributed by atoms with van der Waals surface area (Å²) >= 11 is 3.24. The molecule has 0 spiro atoms. The largest absolute Gasteiger partial charge is 0.433 e. The highest BCUT2D eigenvalue weighted by atomic mass is 79.9. The van der Waals surface area contributed by atoms with E-state index in [0.29, 0.717) is 28.7 Å². The smallest absolute Gasteiger partial charge is 0.312 e. The molecule has 0 amide bonds. The summed E-state index contributed by atoms with van der Waals surface area (Å²) in [7, 11) is 0. The lowest BCUT2D eigenvalue weighted by molar-refractivity contribution is -0.142. The minimum atomic E-state index is -4.50. The summed E-state index contributed by atoms with van der Waals surface area (Å²) in [5.74, 6) is 0.0526. The number of nitrogens with one attached hydrogen (secondary N) is 1. The summed E-state index contributed by atoms with van der Waals surface area (Å²) in [6.45, 7) is 0.749. The van der Waals surface area contributed by atoms with Crippen LogP contribution in [-0.4, -0.2) is 21.5 Å². The molecule has 0 fully saturated rings. The molecule has 1 N–H and O–H groups in total. The zero-order valence-electron chi connectivity index (χ0n) is 10.7. The van der Waals surface area contributed by atoms with E-state index in [1.54, 1.807) is 12.3 Å². The first kappa shape index (κ1) is 14.4. The van der Waals surface area contributed by atoms with Crippen LogP contribution in [0.15, 0.2) is 22.9 Å². The van der Waals surface area contributed by atoms with Gasteiger partial charge in [-0.25, -0.2) is 9.97 Å². The molecule has 110 valence electrons. The Kier molecular flexibility index (Phi) is 3.66. The summed E-state index contributed by atoms with van der Waals surface area (Å²) in [5.41, 5.74) is 0.178. The molecule has 2 aromatic rings. The predicted octanol–water partition coefficient (Wildman–Crippen LogP) is 2.97. The first-order valence-corrected chi connectivity index (χ1v) is 7.03. The fourth-order valence-corrected chi connectivity index (χ4v) is 2.61. The molecule has 0 atom stereocenters. The van der Waals surface area contributed by atoms with Gasteiger partial charge < -0.3 is 5.32 Å². The Balaban J connectivity index is 2.19. The van der Waals surface area contributed by atoms with Gasteiger partial charge in [-0.05, 0) is 22.0 Å². The number of halogens is 4. The van der Waals surface area contributed by atoms with Crippen LogP contribution < -0.4 is 5.32 Å². The minimum absolute atomic E-state index is 0.0526. The zero-order chi connectivity index (χ0) is 15.0. The monoisotopic (exact) mass is 358 g/mol. The van der Waals surface area contributed by atoms with E-state index in [4.69, 9.17) is 0 Å². The lowest BCUT2D eigenvalue weighted by Gasteiger charge is -2.21. The SMILES string of the molecule is FC(F)(F)c1nc(-c2cncc(Br)c2)nc2c1CNCC2. The third-order valence-corrected chi connectivity index (χ3v) is 3.60. The van der Waals surface area contributed by atoms with Crippen LogP contribution >= 0.6 is 15.9 Å². The zero-order valence-corrected chi connectivity index (χ0v) is 12.3. The topological polar surface area (TPSA) is 50.7 Å². The molecular formula is C13H10BrF3N4. The Hall–Kier alpha value is -1.54. The molecule has 1 aliphatic heterocycles. The molecule has 8 heteroatoms. The maximum atomic E-state index is 13.2. The molecule has 3 heterocycles. The molecule has 0 saturated carbocycles. The molecule has 21 heavy (non-hydrogen) atoms. The molecule has 4 nitrogen and oxygen atoms in total. The van der Waals surface area contributed by atoms with Crippen LogP contribution in [0.25, 0.3) is 11.4 Å². The van der Waals surface area contributed by atoms with E-state index in [9.17, 15) is 13.2 Å². The summed E-state index contributed by atoms with van der Waals surface area (Å²) < 4.78 is 40.3. The number of hydrogen-bond acceptors (Lipinski definition) is 4. The van der Waals surface area contributed by atoms with E-state index in [1.165, 1.54) is 6.20 Å². The summed E-state index contributed by atoms with van der Waals surface area (Å²) in [4.78, 5) is 12.0. The van der Waals surface area contributed by atoms with Gasteiger partial charge in [0.15, 0.2) is 11.5 Å². The fraction of sp³-hybridized carbons (Fsp3) is 0.308. The number of pyridine rings is 1. The molecule has 0 aromatic carbocycles. The summed E-state index contributed by atoms with van der Waals surface area (Å²) in [5, 5.41) is 2.92. The van der Waals surface area contributed by atoms with Crippen molar-refractivity contribution in [3.63, 3.8) is 0 Å². The first-order chi connectivity index (χ1) is 9.95. The number of fused-ring (bicyclic) bond motifs is 1. The first-order valence-electron chi connectivity index (χ1n) is 6.24. The van der Waals surface area contributed by atoms with E-state index in [2.05, 4.69) is 36.2 Å². The molecule has 1 aliphatic rings. The maximum absolute atomic E-state index is 13.2. The maximum Gasteiger partial charge on any atom is 0.433 e. The van der Waals surface area contributed by atoms with Gasteiger partial charge in [0.05, 0.1) is 5.69 Å². The van der Waals surface area contributed by atoms with Gasteiger partial charge in [0.25, 0.3) is 0 Å². The molecular weight excluding hydrogens is 349 g/mol. The van der Waals surface area contributed by atoms with Crippen LogP contribution in [0.3, 0.4) is 0 Å². The third-order valence-electron chi connectivity index (χ3n) is 3.16. The number of hydrogen-bond donors (Lipinski definition) is 1. The Morgan fingerprint density at radius 1 is 1.19 bits per heavy atom. The van der Waals surface area contributed by atoms with Gasteiger partial charge in [-0.3, -0.25) is 4.98 Å². The molecule has 0 bridgehead atoms. The van der Waals surface area contributed by atoms with Gasteiger partial charge in [-0.2, -0.15) is 13.2 Å². The molecule has 3 rings (SSSR count). The van der Waals surface area contributed by atoms with Crippen molar-refractivity contribution in [3.05, 3.63) is 39.9 Å². The van der Waals surface area contributed by atoms with Crippen LogP contribution in [0.5, 0.6) is 0 Å². The van der Waals surface area contributed by atoms with E-state index in [-0.39, 0.29) is 17.9 Å². The predicted molar refractivity (Wildman–Crippen MR) is 73.4 cm³/mol. The second-order valence-corrected chi connectivity index (χ2v) is 5.55. The summed E-state index contributed by atoms with van der Waals surface area (Å²) in [6, 6.07) is 1.65. The van der Waals surface area contributed by atoms with Gasteiger partial charge in [0, 0.05) is 47.5 Å². The van der Waals surface area contributed by atoms with Gasteiger partial charge in [-0.1, -0.05) is 0 Å². The number of alkyl halides is 3. The lowest BCUT2D eigenvalue weighted by Crippen LogP contribution is -2.29. The van der Waals surface area contributed by atoms with Gasteiger partial charge in [0.2, 0.25) is 0 Å². The van der Waals surface area contributed by atoms with E-state index >= 15 is 0 Å². The Labute approximate surface area is 127 Å². The molecule has 0 saturated heterocycles. The Morgan fingerprint density at radius 3 is 2.71 bits per heavy atom. The van der Waals surface area contributed by atoms with Crippen LogP contribution in [-0.2, 0) is 19.1 Å². The second-order valence-electron chi connectivity index (χ2n) is 4.64. The third kappa shape index (κ3) is 2.91.